The fourth-order valence-electron chi connectivity index (χ4n) is 2.22. The van der Waals surface area contributed by atoms with Gasteiger partial charge in [0.1, 0.15) is 6.04 Å². The number of aliphatic carboxylic acids is 1. The lowest BCUT2D eigenvalue weighted by atomic mass is 10.0. The van der Waals surface area contributed by atoms with E-state index in [0.29, 0.717) is 0 Å². The minimum Gasteiger partial charge on any atom is -0.480 e. The smallest absolute Gasteiger partial charge is 0.326 e. The Morgan fingerprint density at radius 1 is 1.05 bits per heavy atom. The SMILES string of the molecule is CCCCCCCCC(C)C(=O)N[C@@H](CCC(N)=O)C(=O)O. The average Bonchev–Trinajstić information content (AvgIpc) is 2.45. The maximum Gasteiger partial charge on any atom is 0.326 e. The average molecular weight is 314 g/mol. The molecule has 0 fully saturated rings. The van der Waals surface area contributed by atoms with E-state index in [1.165, 1.54) is 25.7 Å². The van der Waals surface area contributed by atoms with E-state index in [0.717, 1.165) is 19.3 Å². The predicted octanol–water partition coefficient (Wildman–Crippen LogP) is 2.21. The second-order valence-corrected chi connectivity index (χ2v) is 5.86. The molecular formula is C16H30N2O4. The van der Waals surface area contributed by atoms with Gasteiger partial charge < -0.3 is 16.2 Å². The van der Waals surface area contributed by atoms with Gasteiger partial charge in [-0.3, -0.25) is 9.59 Å². The maximum atomic E-state index is 12.0. The number of amides is 2. The molecule has 2 atom stereocenters. The number of unbranched alkanes of at least 4 members (excludes halogenated alkanes) is 5. The second kappa shape index (κ2) is 12.0. The van der Waals surface area contributed by atoms with Crippen molar-refractivity contribution in [3.63, 3.8) is 0 Å². The van der Waals surface area contributed by atoms with Crippen LogP contribution in [-0.2, 0) is 14.4 Å². The number of hydrogen-bond acceptors (Lipinski definition) is 3. The van der Waals surface area contributed by atoms with Gasteiger partial charge in [0.15, 0.2) is 0 Å². The van der Waals surface area contributed by atoms with Crippen LogP contribution in [0.4, 0.5) is 0 Å². The van der Waals surface area contributed by atoms with Crippen molar-refractivity contribution in [2.24, 2.45) is 11.7 Å². The van der Waals surface area contributed by atoms with E-state index in [2.05, 4.69) is 12.2 Å². The summed E-state index contributed by atoms with van der Waals surface area (Å²) < 4.78 is 0. The highest BCUT2D eigenvalue weighted by atomic mass is 16.4. The van der Waals surface area contributed by atoms with Crippen LogP contribution in [0.15, 0.2) is 0 Å². The molecule has 6 heteroatoms. The van der Waals surface area contributed by atoms with Crippen LogP contribution in [0.2, 0.25) is 0 Å². The molecule has 0 radical (unpaired) electrons. The molecule has 0 bridgehead atoms. The first-order valence-corrected chi connectivity index (χ1v) is 8.20. The van der Waals surface area contributed by atoms with Crippen LogP contribution in [0.5, 0.6) is 0 Å². The number of carboxylic acid groups (broad SMARTS) is 1. The molecule has 0 saturated heterocycles. The van der Waals surface area contributed by atoms with E-state index in [-0.39, 0.29) is 24.7 Å². The molecule has 0 rings (SSSR count). The largest absolute Gasteiger partial charge is 0.480 e. The molecule has 0 aliphatic heterocycles. The Kier molecular flexibility index (Phi) is 11.1. The number of nitrogens with two attached hydrogens (primary N) is 1. The highest BCUT2D eigenvalue weighted by Crippen LogP contribution is 2.12. The molecule has 1 unspecified atom stereocenters. The molecule has 0 aromatic rings. The lowest BCUT2D eigenvalue weighted by molar-refractivity contribution is -0.142. The number of hydrogen-bond donors (Lipinski definition) is 3. The Balaban J connectivity index is 4.03. The van der Waals surface area contributed by atoms with Crippen LogP contribution in [0, 0.1) is 5.92 Å². The molecule has 0 spiro atoms. The van der Waals surface area contributed by atoms with Crippen molar-refractivity contribution in [3.8, 4) is 0 Å². The Labute approximate surface area is 132 Å². The molecule has 128 valence electrons. The third-order valence-corrected chi connectivity index (χ3v) is 3.73. The maximum absolute atomic E-state index is 12.0. The number of nitrogens with one attached hydrogen (secondary N) is 1. The van der Waals surface area contributed by atoms with Crippen LogP contribution in [-0.4, -0.2) is 28.9 Å². The summed E-state index contributed by atoms with van der Waals surface area (Å²) in [6, 6.07) is -1.05. The van der Waals surface area contributed by atoms with Gasteiger partial charge in [-0.1, -0.05) is 52.4 Å². The Morgan fingerprint density at radius 3 is 2.18 bits per heavy atom. The fraction of sp³-hybridized carbons (Fsp3) is 0.812. The molecule has 0 saturated carbocycles. The zero-order valence-electron chi connectivity index (χ0n) is 13.8. The lowest BCUT2D eigenvalue weighted by Crippen LogP contribution is -2.43. The molecule has 0 aromatic heterocycles. The number of carboxylic acids is 1. The van der Waals surface area contributed by atoms with Gasteiger partial charge in [-0.15, -0.1) is 0 Å². The second-order valence-electron chi connectivity index (χ2n) is 5.86. The van der Waals surface area contributed by atoms with E-state index in [1.807, 2.05) is 0 Å². The summed E-state index contributed by atoms with van der Waals surface area (Å²) in [5, 5.41) is 11.5. The van der Waals surface area contributed by atoms with E-state index in [9.17, 15) is 14.4 Å². The third-order valence-electron chi connectivity index (χ3n) is 3.73. The standard InChI is InChI=1S/C16H30N2O4/c1-3-4-5-6-7-8-9-12(2)15(20)18-13(16(21)22)10-11-14(17)19/h12-13H,3-11H2,1-2H3,(H2,17,19)(H,18,20)(H,21,22)/t12?,13-/m0/s1. The molecule has 0 aliphatic carbocycles. The van der Waals surface area contributed by atoms with Gasteiger partial charge in [-0.05, 0) is 12.8 Å². The minimum atomic E-state index is -1.14. The Bertz CT molecular complexity index is 358. The number of primary amides is 1. The van der Waals surface area contributed by atoms with Crippen LogP contribution in [0.1, 0.15) is 71.6 Å². The monoisotopic (exact) mass is 314 g/mol. The van der Waals surface area contributed by atoms with Crippen molar-refractivity contribution >= 4 is 17.8 Å². The normalized spacial score (nSPS) is 13.4. The van der Waals surface area contributed by atoms with Crippen molar-refractivity contribution in [2.45, 2.75) is 77.7 Å². The predicted molar refractivity (Wildman–Crippen MR) is 85.2 cm³/mol. The van der Waals surface area contributed by atoms with E-state index >= 15 is 0 Å². The van der Waals surface area contributed by atoms with Crippen molar-refractivity contribution in [1.82, 2.24) is 5.32 Å². The van der Waals surface area contributed by atoms with Crippen molar-refractivity contribution in [3.05, 3.63) is 0 Å². The number of carbonyl (C=O) groups is 3. The summed E-state index contributed by atoms with van der Waals surface area (Å²) >= 11 is 0. The quantitative estimate of drug-likeness (QED) is 0.453. The van der Waals surface area contributed by atoms with Crippen LogP contribution in [0.25, 0.3) is 0 Å². The van der Waals surface area contributed by atoms with Crippen molar-refractivity contribution in [2.75, 3.05) is 0 Å². The molecule has 22 heavy (non-hydrogen) atoms. The van der Waals surface area contributed by atoms with Crippen LogP contribution in [0.3, 0.4) is 0 Å². The molecule has 2 amide bonds. The highest BCUT2D eigenvalue weighted by Gasteiger charge is 2.23. The van der Waals surface area contributed by atoms with E-state index in [4.69, 9.17) is 10.8 Å². The van der Waals surface area contributed by atoms with Crippen LogP contribution >= 0.6 is 0 Å². The first kappa shape index (κ1) is 20.4. The van der Waals surface area contributed by atoms with Gasteiger partial charge in [0.2, 0.25) is 11.8 Å². The first-order chi connectivity index (χ1) is 10.4. The topological polar surface area (TPSA) is 109 Å². The molecule has 6 nitrogen and oxygen atoms in total. The van der Waals surface area contributed by atoms with Gasteiger partial charge in [-0.25, -0.2) is 4.79 Å². The lowest BCUT2D eigenvalue weighted by Gasteiger charge is -2.17. The number of rotatable bonds is 13. The third kappa shape index (κ3) is 10.2. The molecule has 4 N–H and O–H groups in total. The minimum absolute atomic E-state index is 0.0279. The number of carbonyl (C=O) groups excluding carboxylic acids is 2. The molecule has 0 heterocycles. The first-order valence-electron chi connectivity index (χ1n) is 8.20. The van der Waals surface area contributed by atoms with Gasteiger partial charge in [-0.2, -0.15) is 0 Å². The summed E-state index contributed by atoms with van der Waals surface area (Å²) in [6.45, 7) is 3.97. The molecular weight excluding hydrogens is 284 g/mol. The summed E-state index contributed by atoms with van der Waals surface area (Å²) in [5.74, 6) is -2.20. The Hall–Kier alpha value is -1.59. The van der Waals surface area contributed by atoms with Gasteiger partial charge in [0.05, 0.1) is 0 Å². The highest BCUT2D eigenvalue weighted by molar-refractivity contribution is 5.85. The van der Waals surface area contributed by atoms with E-state index in [1.54, 1.807) is 6.92 Å². The zero-order chi connectivity index (χ0) is 17.0. The summed E-state index contributed by atoms with van der Waals surface area (Å²) in [6.07, 6.45) is 7.66. The zero-order valence-corrected chi connectivity index (χ0v) is 13.8. The Morgan fingerprint density at radius 2 is 1.64 bits per heavy atom. The van der Waals surface area contributed by atoms with Gasteiger partial charge in [0, 0.05) is 12.3 Å². The van der Waals surface area contributed by atoms with Gasteiger partial charge >= 0.3 is 5.97 Å². The molecule has 0 aliphatic rings. The molecule has 0 aromatic carbocycles. The summed E-state index contributed by atoms with van der Waals surface area (Å²) in [7, 11) is 0. The van der Waals surface area contributed by atoms with Gasteiger partial charge in [0.25, 0.3) is 0 Å². The van der Waals surface area contributed by atoms with Crippen molar-refractivity contribution in [1.29, 1.82) is 0 Å². The van der Waals surface area contributed by atoms with Crippen LogP contribution < -0.4 is 11.1 Å². The fourth-order valence-corrected chi connectivity index (χ4v) is 2.22. The van der Waals surface area contributed by atoms with E-state index < -0.39 is 17.9 Å². The summed E-state index contributed by atoms with van der Waals surface area (Å²) in [4.78, 5) is 33.8. The summed E-state index contributed by atoms with van der Waals surface area (Å²) in [5.41, 5.74) is 5.00. The van der Waals surface area contributed by atoms with Crippen molar-refractivity contribution < 1.29 is 19.5 Å².